The van der Waals surface area contributed by atoms with Crippen LogP contribution in [-0.2, 0) is 0 Å². The van der Waals surface area contributed by atoms with Gasteiger partial charge in [0.2, 0.25) is 0 Å². The van der Waals surface area contributed by atoms with Crippen LogP contribution in [0.5, 0.6) is 0 Å². The third-order valence-electron chi connectivity index (χ3n) is 3.96. The van der Waals surface area contributed by atoms with E-state index in [-0.39, 0.29) is 5.91 Å². The molecule has 1 saturated carbocycles. The number of nitrogen functional groups attached to an aromatic ring is 1. The highest BCUT2D eigenvalue weighted by Crippen LogP contribution is 2.24. The van der Waals surface area contributed by atoms with Crippen molar-refractivity contribution in [2.24, 2.45) is 5.92 Å². The Morgan fingerprint density at radius 2 is 2.06 bits per heavy atom. The van der Waals surface area contributed by atoms with E-state index in [1.54, 1.807) is 12.1 Å². The second-order valence-electron chi connectivity index (χ2n) is 5.41. The van der Waals surface area contributed by atoms with Gasteiger partial charge in [-0.25, -0.2) is 0 Å². The van der Waals surface area contributed by atoms with Gasteiger partial charge in [-0.15, -0.1) is 0 Å². The van der Waals surface area contributed by atoms with Gasteiger partial charge in [0.1, 0.15) is 0 Å². The molecule has 3 nitrogen and oxygen atoms in total. The van der Waals surface area contributed by atoms with Crippen LogP contribution < -0.4 is 11.1 Å². The average molecular weight is 246 g/mol. The van der Waals surface area contributed by atoms with E-state index in [0.29, 0.717) is 17.5 Å². The van der Waals surface area contributed by atoms with Crippen LogP contribution >= 0.6 is 0 Å². The Morgan fingerprint density at radius 1 is 1.33 bits per heavy atom. The zero-order valence-corrected chi connectivity index (χ0v) is 11.2. The number of hydrogen-bond acceptors (Lipinski definition) is 2. The maximum atomic E-state index is 12.2. The number of hydrogen-bond donors (Lipinski definition) is 2. The van der Waals surface area contributed by atoms with E-state index in [1.165, 1.54) is 19.3 Å². The van der Waals surface area contributed by atoms with Gasteiger partial charge in [0.25, 0.3) is 5.91 Å². The van der Waals surface area contributed by atoms with Crippen molar-refractivity contribution < 1.29 is 4.79 Å². The normalized spacial score (nSPS) is 23.7. The Labute approximate surface area is 109 Å². The molecule has 1 aromatic rings. The SMILES string of the molecule is Cc1cc(C(=O)N[C@@H]2CCCC[C@H]2C)ccc1N. The van der Waals surface area contributed by atoms with E-state index in [1.807, 2.05) is 13.0 Å². The molecule has 1 aliphatic rings. The van der Waals surface area contributed by atoms with Crippen LogP contribution in [0.4, 0.5) is 5.69 Å². The fraction of sp³-hybridized carbons (Fsp3) is 0.533. The van der Waals surface area contributed by atoms with E-state index in [9.17, 15) is 4.79 Å². The van der Waals surface area contributed by atoms with Gasteiger partial charge in [0.05, 0.1) is 0 Å². The summed E-state index contributed by atoms with van der Waals surface area (Å²) >= 11 is 0. The first-order valence-corrected chi connectivity index (χ1v) is 6.75. The Bertz CT molecular complexity index is 442. The minimum absolute atomic E-state index is 0.0249. The Morgan fingerprint density at radius 3 is 2.72 bits per heavy atom. The second kappa shape index (κ2) is 5.42. The van der Waals surface area contributed by atoms with E-state index in [0.717, 1.165) is 17.7 Å². The summed E-state index contributed by atoms with van der Waals surface area (Å²) in [4.78, 5) is 12.2. The monoisotopic (exact) mass is 246 g/mol. The van der Waals surface area contributed by atoms with E-state index >= 15 is 0 Å². The molecule has 0 bridgehead atoms. The quantitative estimate of drug-likeness (QED) is 0.788. The third kappa shape index (κ3) is 2.84. The van der Waals surface area contributed by atoms with Crippen LogP contribution in [0.25, 0.3) is 0 Å². The molecule has 3 N–H and O–H groups in total. The minimum atomic E-state index is 0.0249. The molecule has 0 radical (unpaired) electrons. The summed E-state index contributed by atoms with van der Waals surface area (Å²) in [6.45, 7) is 4.15. The molecule has 1 amide bonds. The molecule has 18 heavy (non-hydrogen) atoms. The number of anilines is 1. The van der Waals surface area contributed by atoms with Crippen LogP contribution in [0.3, 0.4) is 0 Å². The lowest BCUT2D eigenvalue weighted by Gasteiger charge is -2.29. The van der Waals surface area contributed by atoms with Gasteiger partial charge in [-0.3, -0.25) is 4.79 Å². The van der Waals surface area contributed by atoms with Crippen molar-refractivity contribution in [3.05, 3.63) is 29.3 Å². The number of amides is 1. The molecule has 1 aliphatic carbocycles. The number of nitrogens with one attached hydrogen (secondary N) is 1. The van der Waals surface area contributed by atoms with Crippen molar-refractivity contribution in [1.29, 1.82) is 0 Å². The highest BCUT2D eigenvalue weighted by molar-refractivity contribution is 5.95. The van der Waals surface area contributed by atoms with Gasteiger partial charge in [-0.2, -0.15) is 0 Å². The van der Waals surface area contributed by atoms with Crippen molar-refractivity contribution in [1.82, 2.24) is 5.32 Å². The van der Waals surface area contributed by atoms with Crippen LogP contribution in [-0.4, -0.2) is 11.9 Å². The van der Waals surface area contributed by atoms with Crippen molar-refractivity contribution in [3.8, 4) is 0 Å². The first kappa shape index (κ1) is 12.9. The van der Waals surface area contributed by atoms with Gasteiger partial charge < -0.3 is 11.1 Å². The maximum Gasteiger partial charge on any atom is 0.251 e. The number of rotatable bonds is 2. The molecule has 2 rings (SSSR count). The lowest BCUT2D eigenvalue weighted by Crippen LogP contribution is -2.41. The van der Waals surface area contributed by atoms with Crippen LogP contribution in [0.15, 0.2) is 18.2 Å². The predicted octanol–water partition coefficient (Wildman–Crippen LogP) is 2.89. The lowest BCUT2D eigenvalue weighted by molar-refractivity contribution is 0.0910. The zero-order valence-electron chi connectivity index (χ0n) is 11.2. The molecule has 3 heteroatoms. The summed E-state index contributed by atoms with van der Waals surface area (Å²) in [5, 5.41) is 3.15. The van der Waals surface area contributed by atoms with Crippen molar-refractivity contribution in [2.75, 3.05) is 5.73 Å². The Balaban J connectivity index is 2.04. The number of nitrogens with two attached hydrogens (primary N) is 1. The summed E-state index contributed by atoms with van der Waals surface area (Å²) in [5.74, 6) is 0.606. The number of carbonyl (C=O) groups is 1. The highest BCUT2D eigenvalue weighted by Gasteiger charge is 2.23. The summed E-state index contributed by atoms with van der Waals surface area (Å²) in [6.07, 6.45) is 4.82. The molecule has 1 fully saturated rings. The molecule has 0 heterocycles. The molecule has 0 spiro atoms. The largest absolute Gasteiger partial charge is 0.399 e. The second-order valence-corrected chi connectivity index (χ2v) is 5.41. The zero-order chi connectivity index (χ0) is 13.1. The summed E-state index contributed by atoms with van der Waals surface area (Å²) in [5.41, 5.74) is 8.16. The molecule has 1 aromatic carbocycles. The van der Waals surface area contributed by atoms with Gasteiger partial charge >= 0.3 is 0 Å². The standard InChI is InChI=1S/C15H22N2O/c1-10-5-3-4-6-14(10)17-15(18)12-7-8-13(16)11(2)9-12/h7-10,14H,3-6,16H2,1-2H3,(H,17,18)/t10-,14-/m1/s1. The average Bonchev–Trinajstić information content (AvgIpc) is 2.35. The topological polar surface area (TPSA) is 55.1 Å². The Kier molecular flexibility index (Phi) is 3.90. The van der Waals surface area contributed by atoms with Gasteiger partial charge in [-0.05, 0) is 49.4 Å². The third-order valence-corrected chi connectivity index (χ3v) is 3.96. The van der Waals surface area contributed by atoms with Crippen molar-refractivity contribution in [3.63, 3.8) is 0 Å². The number of aryl methyl sites for hydroxylation is 1. The molecular formula is C15H22N2O. The fourth-order valence-corrected chi connectivity index (χ4v) is 2.60. The van der Waals surface area contributed by atoms with Crippen LogP contribution in [0.1, 0.15) is 48.5 Å². The van der Waals surface area contributed by atoms with E-state index < -0.39 is 0 Å². The van der Waals surface area contributed by atoms with Crippen molar-refractivity contribution >= 4 is 11.6 Å². The lowest BCUT2D eigenvalue weighted by atomic mass is 9.86. The number of carbonyl (C=O) groups excluding carboxylic acids is 1. The first-order chi connectivity index (χ1) is 8.58. The van der Waals surface area contributed by atoms with Gasteiger partial charge in [-0.1, -0.05) is 19.8 Å². The molecule has 2 atom stereocenters. The highest BCUT2D eigenvalue weighted by atomic mass is 16.1. The molecular weight excluding hydrogens is 224 g/mol. The van der Waals surface area contributed by atoms with E-state index in [2.05, 4.69) is 12.2 Å². The summed E-state index contributed by atoms with van der Waals surface area (Å²) in [7, 11) is 0. The maximum absolute atomic E-state index is 12.2. The Hall–Kier alpha value is -1.51. The smallest absolute Gasteiger partial charge is 0.251 e. The molecule has 0 unspecified atom stereocenters. The molecule has 98 valence electrons. The summed E-state index contributed by atoms with van der Waals surface area (Å²) in [6, 6.07) is 5.78. The minimum Gasteiger partial charge on any atom is -0.399 e. The van der Waals surface area contributed by atoms with Crippen LogP contribution in [0, 0.1) is 12.8 Å². The molecule has 0 aromatic heterocycles. The van der Waals surface area contributed by atoms with E-state index in [4.69, 9.17) is 5.73 Å². The van der Waals surface area contributed by atoms with Gasteiger partial charge in [0.15, 0.2) is 0 Å². The molecule has 0 saturated heterocycles. The van der Waals surface area contributed by atoms with Crippen molar-refractivity contribution in [2.45, 2.75) is 45.6 Å². The van der Waals surface area contributed by atoms with Gasteiger partial charge in [0, 0.05) is 17.3 Å². The van der Waals surface area contributed by atoms with Crippen LogP contribution in [0.2, 0.25) is 0 Å². The summed E-state index contributed by atoms with van der Waals surface area (Å²) < 4.78 is 0. The fourth-order valence-electron chi connectivity index (χ4n) is 2.60. The number of benzene rings is 1. The molecule has 0 aliphatic heterocycles. The first-order valence-electron chi connectivity index (χ1n) is 6.75. The predicted molar refractivity (Wildman–Crippen MR) is 74.5 cm³/mol.